The second-order valence-electron chi connectivity index (χ2n) is 5.20. The summed E-state index contributed by atoms with van der Waals surface area (Å²) >= 11 is 0. The molecule has 0 saturated carbocycles. The lowest BCUT2D eigenvalue weighted by Gasteiger charge is -2.19. The van der Waals surface area contributed by atoms with E-state index in [1.54, 1.807) is 0 Å². The van der Waals surface area contributed by atoms with Crippen LogP contribution >= 0.6 is 0 Å². The first-order valence-corrected chi connectivity index (χ1v) is 7.69. The Morgan fingerprint density at radius 2 is 2.14 bits per heavy atom. The van der Waals surface area contributed by atoms with Crippen molar-refractivity contribution in [2.24, 2.45) is 0 Å². The van der Waals surface area contributed by atoms with E-state index in [1.807, 2.05) is 11.6 Å². The third kappa shape index (κ3) is 7.00. The van der Waals surface area contributed by atoms with E-state index >= 15 is 0 Å². The number of aromatic nitrogens is 2. The van der Waals surface area contributed by atoms with Crippen molar-refractivity contribution < 1.29 is 13.5 Å². The van der Waals surface area contributed by atoms with Crippen molar-refractivity contribution in [3.8, 4) is 0 Å². The maximum absolute atomic E-state index is 12.1. The van der Waals surface area contributed by atoms with Crippen LogP contribution in [0.1, 0.15) is 38.1 Å². The number of hydrogen-bond donors (Lipinski definition) is 1. The summed E-state index contributed by atoms with van der Waals surface area (Å²) in [5.74, 6) is 0. The number of alkyl halides is 2. The fourth-order valence-corrected chi connectivity index (χ4v) is 2.31. The fourth-order valence-electron chi connectivity index (χ4n) is 2.31. The lowest BCUT2D eigenvalue weighted by atomic mass is 10.1. The first kappa shape index (κ1) is 18.0. The van der Waals surface area contributed by atoms with Crippen LogP contribution in [-0.4, -0.2) is 42.0 Å². The van der Waals surface area contributed by atoms with E-state index in [-0.39, 0.29) is 6.04 Å². The molecule has 1 rings (SSSR count). The summed E-state index contributed by atoms with van der Waals surface area (Å²) < 4.78 is 31.1. The Kier molecular flexibility index (Phi) is 8.45. The van der Waals surface area contributed by atoms with Gasteiger partial charge < -0.3 is 10.1 Å². The van der Waals surface area contributed by atoms with E-state index in [0.29, 0.717) is 6.61 Å². The van der Waals surface area contributed by atoms with E-state index in [0.717, 1.165) is 38.0 Å². The van der Waals surface area contributed by atoms with Crippen LogP contribution in [0, 0.1) is 6.92 Å². The average Bonchev–Trinajstić information content (AvgIpc) is 2.80. The second-order valence-corrected chi connectivity index (χ2v) is 5.20. The number of halogens is 2. The standard InChI is InChI=1S/C15H27F2N3O/c1-4-7-18-13(6-8-21-11-15(16)17)10-14-9-12(3)19-20(14)5-2/h9,13,15,18H,4-8,10-11H2,1-3H3. The van der Waals surface area contributed by atoms with Gasteiger partial charge in [0.05, 0.1) is 5.69 Å². The van der Waals surface area contributed by atoms with Crippen molar-refractivity contribution in [3.63, 3.8) is 0 Å². The molecule has 0 fully saturated rings. The summed E-state index contributed by atoms with van der Waals surface area (Å²) in [6, 6.07) is 2.31. The molecule has 0 aliphatic rings. The van der Waals surface area contributed by atoms with Crippen molar-refractivity contribution >= 4 is 0 Å². The largest absolute Gasteiger partial charge is 0.375 e. The van der Waals surface area contributed by atoms with Crippen LogP contribution < -0.4 is 5.32 Å². The molecule has 1 atom stereocenters. The first-order valence-electron chi connectivity index (χ1n) is 7.69. The Labute approximate surface area is 125 Å². The van der Waals surface area contributed by atoms with Crippen molar-refractivity contribution in [2.75, 3.05) is 19.8 Å². The van der Waals surface area contributed by atoms with Crippen LogP contribution in [0.5, 0.6) is 0 Å². The molecule has 0 aliphatic carbocycles. The number of nitrogens with one attached hydrogen (secondary N) is 1. The molecule has 0 saturated heterocycles. The van der Waals surface area contributed by atoms with Gasteiger partial charge in [0.2, 0.25) is 0 Å². The van der Waals surface area contributed by atoms with Crippen LogP contribution in [0.15, 0.2) is 6.07 Å². The molecular weight excluding hydrogens is 276 g/mol. The van der Waals surface area contributed by atoms with Crippen molar-refractivity contribution in [2.45, 2.75) is 59.0 Å². The molecular formula is C15H27F2N3O. The first-order chi connectivity index (χ1) is 10.1. The highest BCUT2D eigenvalue weighted by atomic mass is 19.3. The molecule has 0 aromatic carbocycles. The van der Waals surface area contributed by atoms with Crippen molar-refractivity contribution in [1.29, 1.82) is 0 Å². The van der Waals surface area contributed by atoms with Crippen LogP contribution in [0.2, 0.25) is 0 Å². The van der Waals surface area contributed by atoms with Crippen molar-refractivity contribution in [1.82, 2.24) is 15.1 Å². The van der Waals surface area contributed by atoms with Gasteiger partial charge in [-0.05, 0) is 39.3 Å². The molecule has 4 nitrogen and oxygen atoms in total. The molecule has 0 aliphatic heterocycles. The van der Waals surface area contributed by atoms with Crippen LogP contribution in [-0.2, 0) is 17.7 Å². The summed E-state index contributed by atoms with van der Waals surface area (Å²) in [6.07, 6.45) is 0.213. The third-order valence-corrected chi connectivity index (χ3v) is 3.28. The predicted octanol–water partition coefficient (Wildman–Crippen LogP) is 2.79. The van der Waals surface area contributed by atoms with Gasteiger partial charge >= 0.3 is 0 Å². The minimum absolute atomic E-state index is 0.226. The molecule has 0 radical (unpaired) electrons. The lowest BCUT2D eigenvalue weighted by Crippen LogP contribution is -2.34. The highest BCUT2D eigenvalue weighted by molar-refractivity contribution is 5.10. The van der Waals surface area contributed by atoms with Crippen LogP contribution in [0.3, 0.4) is 0 Å². The normalized spacial score (nSPS) is 13.0. The number of ether oxygens (including phenoxy) is 1. The minimum atomic E-state index is -2.39. The lowest BCUT2D eigenvalue weighted by molar-refractivity contribution is 0.0144. The van der Waals surface area contributed by atoms with E-state index < -0.39 is 13.0 Å². The smallest absolute Gasteiger partial charge is 0.261 e. The second kappa shape index (κ2) is 9.84. The number of nitrogens with zero attached hydrogens (tertiary/aromatic N) is 2. The maximum Gasteiger partial charge on any atom is 0.261 e. The SMILES string of the molecule is CCCNC(CCOCC(F)F)Cc1cc(C)nn1CC. The molecule has 0 bridgehead atoms. The molecule has 0 amide bonds. The molecule has 21 heavy (non-hydrogen) atoms. The zero-order chi connectivity index (χ0) is 15.7. The van der Waals surface area contributed by atoms with Gasteiger partial charge in [0.25, 0.3) is 6.43 Å². The minimum Gasteiger partial charge on any atom is -0.375 e. The van der Waals surface area contributed by atoms with E-state index in [9.17, 15) is 8.78 Å². The summed E-state index contributed by atoms with van der Waals surface area (Å²) in [6.45, 7) is 7.78. The summed E-state index contributed by atoms with van der Waals surface area (Å²) in [5.41, 5.74) is 2.19. The van der Waals surface area contributed by atoms with Crippen molar-refractivity contribution in [3.05, 3.63) is 17.5 Å². The number of hydrogen-bond acceptors (Lipinski definition) is 3. The highest BCUT2D eigenvalue weighted by Gasteiger charge is 2.13. The van der Waals surface area contributed by atoms with Gasteiger partial charge in [0.1, 0.15) is 6.61 Å². The Morgan fingerprint density at radius 1 is 1.38 bits per heavy atom. The molecule has 1 N–H and O–H groups in total. The number of rotatable bonds is 11. The van der Waals surface area contributed by atoms with E-state index in [1.165, 1.54) is 5.69 Å². The molecule has 1 heterocycles. The Hall–Kier alpha value is -1.01. The monoisotopic (exact) mass is 303 g/mol. The topological polar surface area (TPSA) is 39.1 Å². The Bertz CT molecular complexity index is 396. The molecule has 6 heteroatoms. The average molecular weight is 303 g/mol. The zero-order valence-electron chi connectivity index (χ0n) is 13.2. The quantitative estimate of drug-likeness (QED) is 0.639. The predicted molar refractivity (Wildman–Crippen MR) is 79.9 cm³/mol. The summed E-state index contributed by atoms with van der Waals surface area (Å²) in [4.78, 5) is 0. The van der Waals surface area contributed by atoms with Gasteiger partial charge in [-0.3, -0.25) is 4.68 Å². The Morgan fingerprint density at radius 3 is 2.76 bits per heavy atom. The van der Waals surface area contributed by atoms with Crippen LogP contribution in [0.25, 0.3) is 0 Å². The summed E-state index contributed by atoms with van der Waals surface area (Å²) in [7, 11) is 0. The van der Waals surface area contributed by atoms with E-state index in [2.05, 4.69) is 30.3 Å². The van der Waals surface area contributed by atoms with Gasteiger partial charge in [-0.15, -0.1) is 0 Å². The molecule has 1 aromatic heterocycles. The molecule has 122 valence electrons. The highest BCUT2D eigenvalue weighted by Crippen LogP contribution is 2.09. The molecule has 0 spiro atoms. The van der Waals surface area contributed by atoms with Gasteiger partial charge in [-0.1, -0.05) is 6.92 Å². The van der Waals surface area contributed by atoms with Crippen LogP contribution in [0.4, 0.5) is 8.78 Å². The molecule has 1 aromatic rings. The van der Waals surface area contributed by atoms with Gasteiger partial charge in [-0.2, -0.15) is 5.10 Å². The maximum atomic E-state index is 12.1. The Balaban J connectivity index is 2.51. The zero-order valence-corrected chi connectivity index (χ0v) is 13.2. The van der Waals surface area contributed by atoms with E-state index in [4.69, 9.17) is 4.74 Å². The number of aryl methyl sites for hydroxylation is 2. The molecule has 1 unspecified atom stereocenters. The van der Waals surface area contributed by atoms with Gasteiger partial charge in [0.15, 0.2) is 0 Å². The fraction of sp³-hybridized carbons (Fsp3) is 0.800. The van der Waals surface area contributed by atoms with Gasteiger partial charge in [-0.25, -0.2) is 8.78 Å². The summed E-state index contributed by atoms with van der Waals surface area (Å²) in [5, 5.41) is 7.90. The third-order valence-electron chi connectivity index (χ3n) is 3.28. The van der Waals surface area contributed by atoms with Gasteiger partial charge in [0, 0.05) is 31.3 Å².